The molecule has 2 aromatic heterocycles. The van der Waals surface area contributed by atoms with E-state index in [1.54, 1.807) is 6.21 Å². The molecule has 1 atom stereocenters. The van der Waals surface area contributed by atoms with E-state index < -0.39 is 0 Å². The third kappa shape index (κ3) is 3.39. The van der Waals surface area contributed by atoms with Crippen molar-refractivity contribution in [2.75, 3.05) is 5.32 Å². The molecule has 30 heavy (non-hydrogen) atoms. The standard InChI is InChI=1S/C22H19N7O/c1-13-5-6-16(11-23-13)22(30)26-17-4-2-3-14(9-17)20-18-10-15(21-24-12-25-29-21)7-8-19(18)27-28-20/h2-4,6-13H,5H2,1H3,(H,26,30)(H,27,28)(H,24,25,29). The number of aromatic nitrogens is 5. The molecular weight excluding hydrogens is 378 g/mol. The molecule has 1 aliphatic rings. The van der Waals surface area contributed by atoms with Gasteiger partial charge in [-0.15, -0.1) is 0 Å². The molecule has 3 heterocycles. The molecule has 0 saturated carbocycles. The Labute approximate surface area is 172 Å². The lowest BCUT2D eigenvalue weighted by atomic mass is 10.0. The molecule has 0 bridgehead atoms. The van der Waals surface area contributed by atoms with Gasteiger partial charge in [0.15, 0.2) is 5.82 Å². The van der Waals surface area contributed by atoms with Crippen LogP contribution in [-0.4, -0.2) is 43.5 Å². The number of amides is 1. The summed E-state index contributed by atoms with van der Waals surface area (Å²) in [5.41, 5.74) is 4.82. The zero-order chi connectivity index (χ0) is 20.5. The van der Waals surface area contributed by atoms with Gasteiger partial charge in [-0.25, -0.2) is 4.98 Å². The molecule has 4 aromatic rings. The van der Waals surface area contributed by atoms with Gasteiger partial charge in [0.2, 0.25) is 0 Å². The van der Waals surface area contributed by atoms with Crippen molar-refractivity contribution < 1.29 is 4.79 Å². The fourth-order valence-corrected chi connectivity index (χ4v) is 3.44. The summed E-state index contributed by atoms with van der Waals surface area (Å²) in [5, 5.41) is 18.3. The molecule has 1 amide bonds. The quantitative estimate of drug-likeness (QED) is 0.487. The van der Waals surface area contributed by atoms with Crippen LogP contribution in [0, 0.1) is 0 Å². The summed E-state index contributed by atoms with van der Waals surface area (Å²) in [6.07, 6.45) is 5.81. The van der Waals surface area contributed by atoms with Crippen LogP contribution in [0.2, 0.25) is 0 Å². The van der Waals surface area contributed by atoms with Crippen LogP contribution in [0.15, 0.2) is 65.4 Å². The number of dihydropyridines is 1. The maximum atomic E-state index is 12.6. The van der Waals surface area contributed by atoms with Crippen LogP contribution in [0.3, 0.4) is 0 Å². The Morgan fingerprint density at radius 2 is 2.07 bits per heavy atom. The number of hydrogen-bond donors (Lipinski definition) is 3. The molecule has 8 heteroatoms. The number of aromatic amines is 2. The summed E-state index contributed by atoms with van der Waals surface area (Å²) in [7, 11) is 0. The largest absolute Gasteiger partial charge is 0.322 e. The predicted octanol–water partition coefficient (Wildman–Crippen LogP) is 3.74. The van der Waals surface area contributed by atoms with Crippen LogP contribution >= 0.6 is 0 Å². The maximum Gasteiger partial charge on any atom is 0.256 e. The molecular formula is C22H19N7O. The molecule has 8 nitrogen and oxygen atoms in total. The number of nitrogens with zero attached hydrogens (tertiary/aromatic N) is 4. The third-order valence-electron chi connectivity index (χ3n) is 5.05. The fraction of sp³-hybridized carbons (Fsp3) is 0.136. The summed E-state index contributed by atoms with van der Waals surface area (Å²) in [6.45, 7) is 2.02. The van der Waals surface area contributed by atoms with Crippen LogP contribution in [0.4, 0.5) is 5.69 Å². The van der Waals surface area contributed by atoms with E-state index >= 15 is 0 Å². The van der Waals surface area contributed by atoms with E-state index in [2.05, 4.69) is 35.7 Å². The zero-order valence-corrected chi connectivity index (χ0v) is 16.3. The number of benzene rings is 2. The van der Waals surface area contributed by atoms with Crippen molar-refractivity contribution in [2.24, 2.45) is 4.99 Å². The average molecular weight is 397 g/mol. The fourth-order valence-electron chi connectivity index (χ4n) is 3.44. The number of fused-ring (bicyclic) bond motifs is 1. The molecule has 0 fully saturated rings. The summed E-state index contributed by atoms with van der Waals surface area (Å²) in [6, 6.07) is 13.8. The maximum absolute atomic E-state index is 12.6. The Balaban J connectivity index is 1.45. The van der Waals surface area contributed by atoms with Crippen LogP contribution in [0.1, 0.15) is 13.3 Å². The predicted molar refractivity (Wildman–Crippen MR) is 116 cm³/mol. The van der Waals surface area contributed by atoms with E-state index in [1.165, 1.54) is 6.33 Å². The monoisotopic (exact) mass is 397 g/mol. The number of carbonyl (C=O) groups excluding carboxylic acids is 1. The lowest BCUT2D eigenvalue weighted by Crippen LogP contribution is -2.18. The highest BCUT2D eigenvalue weighted by molar-refractivity contribution is 6.18. The minimum Gasteiger partial charge on any atom is -0.322 e. The van der Waals surface area contributed by atoms with Crippen LogP contribution in [-0.2, 0) is 4.79 Å². The topological polar surface area (TPSA) is 112 Å². The van der Waals surface area contributed by atoms with Gasteiger partial charge in [0.25, 0.3) is 5.91 Å². The van der Waals surface area contributed by atoms with E-state index in [-0.39, 0.29) is 11.9 Å². The van der Waals surface area contributed by atoms with Crippen molar-refractivity contribution in [2.45, 2.75) is 19.4 Å². The average Bonchev–Trinajstić information content (AvgIpc) is 3.44. The molecule has 5 rings (SSSR count). The first kappa shape index (κ1) is 18.0. The first-order valence-corrected chi connectivity index (χ1v) is 9.66. The smallest absolute Gasteiger partial charge is 0.256 e. The van der Waals surface area contributed by atoms with Crippen molar-refractivity contribution in [3.63, 3.8) is 0 Å². The molecule has 3 N–H and O–H groups in total. The lowest BCUT2D eigenvalue weighted by Gasteiger charge is -2.12. The number of rotatable bonds is 4. The van der Waals surface area contributed by atoms with Gasteiger partial charge in [-0.05, 0) is 43.7 Å². The Bertz CT molecular complexity index is 1280. The highest BCUT2D eigenvalue weighted by Gasteiger charge is 2.14. The molecule has 0 aliphatic carbocycles. The summed E-state index contributed by atoms with van der Waals surface area (Å²) >= 11 is 0. The lowest BCUT2D eigenvalue weighted by molar-refractivity contribution is -0.112. The van der Waals surface area contributed by atoms with E-state index in [1.807, 2.05) is 55.5 Å². The molecule has 2 aromatic carbocycles. The highest BCUT2D eigenvalue weighted by Crippen LogP contribution is 2.30. The van der Waals surface area contributed by atoms with Gasteiger partial charge in [0.1, 0.15) is 6.33 Å². The van der Waals surface area contributed by atoms with Crippen molar-refractivity contribution in [3.05, 3.63) is 60.4 Å². The molecule has 0 spiro atoms. The first-order valence-electron chi connectivity index (χ1n) is 9.66. The SMILES string of the molecule is CC1CC=C(C(=O)Nc2cccc(-c3n[nH]c4ccc(-c5ncn[nH]5)cc34)c2)C=N1. The van der Waals surface area contributed by atoms with Crippen molar-refractivity contribution in [1.82, 2.24) is 25.4 Å². The zero-order valence-electron chi connectivity index (χ0n) is 16.3. The number of H-pyrrole nitrogens is 2. The van der Waals surface area contributed by atoms with E-state index in [0.29, 0.717) is 17.1 Å². The van der Waals surface area contributed by atoms with Crippen LogP contribution in [0.25, 0.3) is 33.5 Å². The van der Waals surface area contributed by atoms with Gasteiger partial charge in [0, 0.05) is 28.4 Å². The number of aliphatic imine (C=N–C) groups is 1. The first-order chi connectivity index (χ1) is 14.7. The summed E-state index contributed by atoms with van der Waals surface area (Å²) in [4.78, 5) is 21.1. The molecule has 0 radical (unpaired) electrons. The van der Waals surface area contributed by atoms with Crippen LogP contribution in [0.5, 0.6) is 0 Å². The third-order valence-corrected chi connectivity index (χ3v) is 5.05. The second kappa shape index (κ2) is 7.40. The second-order valence-corrected chi connectivity index (χ2v) is 7.22. The number of hydrogen-bond acceptors (Lipinski definition) is 5. The number of carbonyl (C=O) groups is 1. The van der Waals surface area contributed by atoms with Crippen molar-refractivity contribution in [1.29, 1.82) is 0 Å². The van der Waals surface area contributed by atoms with Gasteiger partial charge in [-0.1, -0.05) is 18.2 Å². The van der Waals surface area contributed by atoms with E-state index in [0.717, 1.165) is 34.1 Å². The number of nitrogens with one attached hydrogen (secondary N) is 3. The molecule has 1 unspecified atom stereocenters. The molecule has 148 valence electrons. The Morgan fingerprint density at radius 1 is 1.13 bits per heavy atom. The second-order valence-electron chi connectivity index (χ2n) is 7.22. The molecule has 0 saturated heterocycles. The van der Waals surface area contributed by atoms with E-state index in [4.69, 9.17) is 0 Å². The number of anilines is 1. The Kier molecular flexibility index (Phi) is 4.44. The van der Waals surface area contributed by atoms with Crippen molar-refractivity contribution >= 4 is 28.7 Å². The van der Waals surface area contributed by atoms with Gasteiger partial charge >= 0.3 is 0 Å². The van der Waals surface area contributed by atoms with Crippen molar-refractivity contribution in [3.8, 4) is 22.6 Å². The minimum absolute atomic E-state index is 0.165. The van der Waals surface area contributed by atoms with Crippen LogP contribution < -0.4 is 5.32 Å². The summed E-state index contributed by atoms with van der Waals surface area (Å²) in [5.74, 6) is 0.532. The minimum atomic E-state index is -0.165. The Morgan fingerprint density at radius 3 is 2.87 bits per heavy atom. The van der Waals surface area contributed by atoms with Gasteiger partial charge in [-0.3, -0.25) is 20.0 Å². The molecule has 1 aliphatic heterocycles. The van der Waals surface area contributed by atoms with Gasteiger partial charge < -0.3 is 5.32 Å². The summed E-state index contributed by atoms with van der Waals surface area (Å²) < 4.78 is 0. The van der Waals surface area contributed by atoms with Gasteiger partial charge in [0.05, 0.1) is 22.8 Å². The highest BCUT2D eigenvalue weighted by atomic mass is 16.1. The van der Waals surface area contributed by atoms with Gasteiger partial charge in [-0.2, -0.15) is 10.2 Å². The van der Waals surface area contributed by atoms with E-state index in [9.17, 15) is 4.79 Å². The normalized spacial score (nSPS) is 15.9. The Hall–Kier alpha value is -4.07.